The molecule has 1 aliphatic rings. The average molecular weight is 497 g/mol. The number of aromatic nitrogens is 1. The van der Waals surface area contributed by atoms with E-state index in [1.807, 2.05) is 18.5 Å². The molecule has 0 spiro atoms. The summed E-state index contributed by atoms with van der Waals surface area (Å²) in [5.41, 5.74) is 3.45. The zero-order chi connectivity index (χ0) is 19.1. The molecule has 5 nitrogen and oxygen atoms in total. The van der Waals surface area contributed by atoms with Crippen molar-refractivity contribution in [3.63, 3.8) is 0 Å². The van der Waals surface area contributed by atoms with E-state index in [0.717, 1.165) is 50.5 Å². The molecule has 1 saturated heterocycles. The SMILES string of the molecule is CN=C(NCCc1ccncc1C)NC1CCCN(c2cccc(F)c2)C1.I. The highest BCUT2D eigenvalue weighted by Crippen LogP contribution is 2.20. The molecular formula is C21H29FIN5. The van der Waals surface area contributed by atoms with Crippen LogP contribution in [0.4, 0.5) is 10.1 Å². The van der Waals surface area contributed by atoms with Gasteiger partial charge in [-0.25, -0.2) is 4.39 Å². The van der Waals surface area contributed by atoms with Gasteiger partial charge in [0, 0.05) is 50.8 Å². The Morgan fingerprint density at radius 3 is 2.96 bits per heavy atom. The van der Waals surface area contributed by atoms with Crippen LogP contribution in [-0.4, -0.2) is 43.7 Å². The molecule has 0 bridgehead atoms. The number of hydrogen-bond donors (Lipinski definition) is 2. The molecule has 1 fully saturated rings. The molecular weight excluding hydrogens is 468 g/mol. The molecule has 1 aromatic carbocycles. The fraction of sp³-hybridized carbons (Fsp3) is 0.429. The van der Waals surface area contributed by atoms with Gasteiger partial charge in [0.2, 0.25) is 0 Å². The van der Waals surface area contributed by atoms with Crippen LogP contribution >= 0.6 is 24.0 Å². The predicted octanol–water partition coefficient (Wildman–Crippen LogP) is 3.52. The Morgan fingerprint density at radius 1 is 1.36 bits per heavy atom. The van der Waals surface area contributed by atoms with E-state index in [1.165, 1.54) is 17.2 Å². The van der Waals surface area contributed by atoms with Gasteiger partial charge in [0.25, 0.3) is 0 Å². The number of benzene rings is 1. The van der Waals surface area contributed by atoms with E-state index in [9.17, 15) is 4.39 Å². The summed E-state index contributed by atoms with van der Waals surface area (Å²) >= 11 is 0. The van der Waals surface area contributed by atoms with E-state index in [1.54, 1.807) is 19.2 Å². The third-order valence-corrected chi connectivity index (χ3v) is 4.98. The lowest BCUT2D eigenvalue weighted by Gasteiger charge is -2.35. The minimum atomic E-state index is -0.188. The van der Waals surface area contributed by atoms with E-state index in [0.29, 0.717) is 0 Å². The second-order valence-corrected chi connectivity index (χ2v) is 6.96. The molecule has 2 heterocycles. The monoisotopic (exact) mass is 497 g/mol. The van der Waals surface area contributed by atoms with E-state index < -0.39 is 0 Å². The van der Waals surface area contributed by atoms with Gasteiger partial charge >= 0.3 is 0 Å². The Kier molecular flexibility index (Phi) is 8.95. The number of hydrogen-bond acceptors (Lipinski definition) is 3. The molecule has 152 valence electrons. The standard InChI is InChI=1S/C21H28FN5.HI/c1-16-14-24-10-8-17(16)9-11-25-21(23-2)26-19-6-4-12-27(15-19)20-7-3-5-18(22)13-20;/h3,5,7-8,10,13-14,19H,4,6,9,11-12,15H2,1-2H3,(H2,23,25,26);1H. The first-order chi connectivity index (χ1) is 13.2. The van der Waals surface area contributed by atoms with Gasteiger partial charge < -0.3 is 15.5 Å². The van der Waals surface area contributed by atoms with Gasteiger partial charge in [0.15, 0.2) is 5.96 Å². The first-order valence-electron chi connectivity index (χ1n) is 9.53. The lowest BCUT2D eigenvalue weighted by Crippen LogP contribution is -2.51. The molecule has 1 aromatic heterocycles. The molecule has 1 atom stereocenters. The van der Waals surface area contributed by atoms with Gasteiger partial charge in [0.1, 0.15) is 5.82 Å². The summed E-state index contributed by atoms with van der Waals surface area (Å²) in [6, 6.07) is 9.17. The second kappa shape index (κ2) is 11.2. The lowest BCUT2D eigenvalue weighted by atomic mass is 10.0. The first kappa shape index (κ1) is 22.4. The number of aliphatic imine (C=N–C) groups is 1. The Labute approximate surface area is 183 Å². The maximum absolute atomic E-state index is 13.5. The topological polar surface area (TPSA) is 52.6 Å². The van der Waals surface area contributed by atoms with Crippen molar-refractivity contribution in [1.82, 2.24) is 15.6 Å². The van der Waals surface area contributed by atoms with E-state index in [4.69, 9.17) is 0 Å². The van der Waals surface area contributed by atoms with Crippen molar-refractivity contribution in [1.29, 1.82) is 0 Å². The smallest absolute Gasteiger partial charge is 0.191 e. The molecule has 0 aliphatic carbocycles. The number of pyridine rings is 1. The Bertz CT molecular complexity index is 783. The highest BCUT2D eigenvalue weighted by Gasteiger charge is 2.21. The van der Waals surface area contributed by atoms with Crippen LogP contribution in [0.5, 0.6) is 0 Å². The number of rotatable bonds is 5. The van der Waals surface area contributed by atoms with Gasteiger partial charge in [-0.3, -0.25) is 9.98 Å². The van der Waals surface area contributed by atoms with Crippen LogP contribution in [0.2, 0.25) is 0 Å². The Balaban J connectivity index is 0.00000280. The molecule has 0 saturated carbocycles. The van der Waals surface area contributed by atoms with Crippen molar-refractivity contribution in [3.05, 3.63) is 59.7 Å². The van der Waals surface area contributed by atoms with Crippen LogP contribution in [-0.2, 0) is 6.42 Å². The number of aryl methyl sites for hydroxylation is 1. The Hall–Kier alpha value is -1.90. The molecule has 2 N–H and O–H groups in total. The Morgan fingerprint density at radius 2 is 2.21 bits per heavy atom. The molecule has 28 heavy (non-hydrogen) atoms. The minimum Gasteiger partial charge on any atom is -0.369 e. The number of piperidine rings is 1. The average Bonchev–Trinajstić information content (AvgIpc) is 2.69. The second-order valence-electron chi connectivity index (χ2n) is 6.96. The third-order valence-electron chi connectivity index (χ3n) is 4.98. The van der Waals surface area contributed by atoms with Crippen LogP contribution in [0.3, 0.4) is 0 Å². The van der Waals surface area contributed by atoms with Crippen LogP contribution in [0, 0.1) is 12.7 Å². The summed E-state index contributed by atoms with van der Waals surface area (Å²) in [6.07, 6.45) is 6.80. The number of anilines is 1. The molecule has 7 heteroatoms. The van der Waals surface area contributed by atoms with Crippen molar-refractivity contribution < 1.29 is 4.39 Å². The zero-order valence-electron chi connectivity index (χ0n) is 16.5. The summed E-state index contributed by atoms with van der Waals surface area (Å²) in [5.74, 6) is 0.624. The summed E-state index contributed by atoms with van der Waals surface area (Å²) in [6.45, 7) is 4.69. The minimum absolute atomic E-state index is 0. The lowest BCUT2D eigenvalue weighted by molar-refractivity contribution is 0.467. The quantitative estimate of drug-likeness (QED) is 0.377. The van der Waals surface area contributed by atoms with Crippen LogP contribution in [0.1, 0.15) is 24.0 Å². The predicted molar refractivity (Wildman–Crippen MR) is 124 cm³/mol. The molecule has 3 rings (SSSR count). The largest absolute Gasteiger partial charge is 0.369 e. The fourth-order valence-corrected chi connectivity index (χ4v) is 3.49. The molecule has 0 radical (unpaired) electrons. The van der Waals surface area contributed by atoms with Gasteiger partial charge in [-0.2, -0.15) is 0 Å². The summed E-state index contributed by atoms with van der Waals surface area (Å²) in [5, 5.41) is 6.91. The van der Waals surface area contributed by atoms with E-state index >= 15 is 0 Å². The summed E-state index contributed by atoms with van der Waals surface area (Å²) in [7, 11) is 1.79. The molecule has 0 amide bonds. The van der Waals surface area contributed by atoms with Crippen molar-refractivity contribution >= 4 is 35.6 Å². The summed E-state index contributed by atoms with van der Waals surface area (Å²) < 4.78 is 13.5. The van der Waals surface area contributed by atoms with Crippen molar-refractivity contribution in [2.24, 2.45) is 4.99 Å². The van der Waals surface area contributed by atoms with Gasteiger partial charge in [0.05, 0.1) is 0 Å². The van der Waals surface area contributed by atoms with Crippen LogP contribution in [0.25, 0.3) is 0 Å². The van der Waals surface area contributed by atoms with Crippen molar-refractivity contribution in [2.45, 2.75) is 32.2 Å². The molecule has 2 aromatic rings. The molecule has 1 unspecified atom stereocenters. The van der Waals surface area contributed by atoms with E-state index in [2.05, 4.69) is 38.5 Å². The summed E-state index contributed by atoms with van der Waals surface area (Å²) in [4.78, 5) is 10.7. The van der Waals surface area contributed by atoms with Gasteiger partial charge in [-0.1, -0.05) is 6.07 Å². The normalized spacial score (nSPS) is 17.0. The van der Waals surface area contributed by atoms with Crippen molar-refractivity contribution in [3.8, 4) is 0 Å². The third kappa shape index (κ3) is 6.32. The van der Waals surface area contributed by atoms with Crippen LogP contribution < -0.4 is 15.5 Å². The molecule has 1 aliphatic heterocycles. The maximum atomic E-state index is 13.5. The number of nitrogens with zero attached hydrogens (tertiary/aromatic N) is 3. The van der Waals surface area contributed by atoms with Gasteiger partial charge in [-0.15, -0.1) is 24.0 Å². The van der Waals surface area contributed by atoms with Crippen LogP contribution in [0.15, 0.2) is 47.7 Å². The maximum Gasteiger partial charge on any atom is 0.191 e. The highest BCUT2D eigenvalue weighted by molar-refractivity contribution is 14.0. The number of nitrogens with one attached hydrogen (secondary N) is 2. The first-order valence-corrected chi connectivity index (χ1v) is 9.53. The number of halogens is 2. The zero-order valence-corrected chi connectivity index (χ0v) is 18.8. The van der Waals surface area contributed by atoms with E-state index in [-0.39, 0.29) is 35.8 Å². The highest BCUT2D eigenvalue weighted by atomic mass is 127. The fourth-order valence-electron chi connectivity index (χ4n) is 3.49. The van der Waals surface area contributed by atoms with Crippen molar-refractivity contribution in [2.75, 3.05) is 31.6 Å². The number of guanidine groups is 1. The van der Waals surface area contributed by atoms with Gasteiger partial charge in [-0.05, 0) is 61.6 Å².